The van der Waals surface area contributed by atoms with Crippen LogP contribution in [0.3, 0.4) is 0 Å². The molecular formula is C21H28N4O2S. The number of carbonyl (C=O) groups excluding carboxylic acids is 2. The van der Waals surface area contributed by atoms with Gasteiger partial charge in [-0.1, -0.05) is 19.9 Å². The lowest BCUT2D eigenvalue weighted by Gasteiger charge is -2.28. The summed E-state index contributed by atoms with van der Waals surface area (Å²) in [5.74, 6) is -0.580. The first-order valence-electron chi connectivity index (χ1n) is 9.76. The van der Waals surface area contributed by atoms with Crippen molar-refractivity contribution in [3.63, 3.8) is 0 Å². The number of aromatic nitrogens is 1. The van der Waals surface area contributed by atoms with E-state index in [4.69, 9.17) is 5.73 Å². The molecule has 150 valence electrons. The van der Waals surface area contributed by atoms with Gasteiger partial charge in [-0.3, -0.25) is 19.5 Å². The van der Waals surface area contributed by atoms with Crippen LogP contribution in [0.1, 0.15) is 52.3 Å². The van der Waals surface area contributed by atoms with Crippen molar-refractivity contribution >= 4 is 23.2 Å². The highest BCUT2D eigenvalue weighted by Gasteiger charge is 2.29. The number of fused-ring (bicyclic) bond motifs is 1. The molecule has 0 spiro atoms. The molecule has 1 atom stereocenters. The fourth-order valence-electron chi connectivity index (χ4n) is 3.68. The van der Waals surface area contributed by atoms with Crippen molar-refractivity contribution in [2.24, 2.45) is 5.73 Å². The first kappa shape index (κ1) is 20.5. The molecule has 1 aliphatic rings. The van der Waals surface area contributed by atoms with Gasteiger partial charge in [0.05, 0.1) is 11.3 Å². The molecule has 6 nitrogen and oxygen atoms in total. The van der Waals surface area contributed by atoms with Gasteiger partial charge in [-0.25, -0.2) is 0 Å². The molecule has 0 radical (unpaired) electrons. The van der Waals surface area contributed by atoms with Gasteiger partial charge in [0.1, 0.15) is 6.04 Å². The first-order valence-corrected chi connectivity index (χ1v) is 10.6. The molecule has 0 saturated carbocycles. The third kappa shape index (κ3) is 4.25. The number of carbonyl (C=O) groups is 2. The lowest BCUT2D eigenvalue weighted by atomic mass is 10.0. The van der Waals surface area contributed by atoms with E-state index in [1.165, 1.54) is 15.3 Å². The summed E-state index contributed by atoms with van der Waals surface area (Å²) in [6.45, 7) is 6.51. The van der Waals surface area contributed by atoms with E-state index in [9.17, 15) is 9.59 Å². The molecule has 1 unspecified atom stereocenters. The lowest BCUT2D eigenvalue weighted by Crippen LogP contribution is -2.45. The minimum Gasteiger partial charge on any atom is -0.368 e. The summed E-state index contributed by atoms with van der Waals surface area (Å²) in [7, 11) is 1.66. The van der Waals surface area contributed by atoms with E-state index in [-0.39, 0.29) is 5.91 Å². The highest BCUT2D eigenvalue weighted by molar-refractivity contribution is 7.10. The van der Waals surface area contributed by atoms with Crippen LogP contribution in [0, 0.1) is 0 Å². The summed E-state index contributed by atoms with van der Waals surface area (Å²) in [5, 5.41) is 1.93. The first-order chi connectivity index (χ1) is 13.4. The number of rotatable bonds is 7. The van der Waals surface area contributed by atoms with Crippen molar-refractivity contribution in [3.8, 4) is 0 Å². The third-order valence-electron chi connectivity index (χ3n) is 5.44. The Hall–Kier alpha value is -2.25. The summed E-state index contributed by atoms with van der Waals surface area (Å²) in [5.41, 5.74) is 9.59. The Labute approximate surface area is 170 Å². The van der Waals surface area contributed by atoms with Crippen LogP contribution >= 0.6 is 11.3 Å². The number of nitrogens with two attached hydrogens (primary N) is 1. The maximum atomic E-state index is 12.9. The van der Waals surface area contributed by atoms with E-state index in [2.05, 4.69) is 28.9 Å². The van der Waals surface area contributed by atoms with Gasteiger partial charge in [-0.2, -0.15) is 0 Å². The smallest absolute Gasteiger partial charge is 0.255 e. The van der Waals surface area contributed by atoms with Gasteiger partial charge < -0.3 is 10.6 Å². The van der Waals surface area contributed by atoms with Crippen molar-refractivity contribution in [3.05, 3.63) is 51.0 Å². The van der Waals surface area contributed by atoms with Crippen molar-refractivity contribution in [2.45, 2.75) is 52.2 Å². The molecule has 2 N–H and O–H groups in total. The zero-order chi connectivity index (χ0) is 20.3. The monoisotopic (exact) mass is 400 g/mol. The van der Waals surface area contributed by atoms with Crippen LogP contribution in [-0.2, 0) is 30.7 Å². The van der Waals surface area contributed by atoms with Crippen LogP contribution < -0.4 is 5.73 Å². The minimum atomic E-state index is -0.569. The van der Waals surface area contributed by atoms with Crippen molar-refractivity contribution in [2.75, 3.05) is 13.6 Å². The second-order valence-corrected chi connectivity index (χ2v) is 8.23. The Bertz CT molecular complexity index is 847. The maximum Gasteiger partial charge on any atom is 0.255 e. The van der Waals surface area contributed by atoms with Gasteiger partial charge in [0, 0.05) is 43.1 Å². The molecule has 0 saturated heterocycles. The molecule has 0 fully saturated rings. The van der Waals surface area contributed by atoms with Crippen LogP contribution in [0.2, 0.25) is 0 Å². The Kier molecular flexibility index (Phi) is 6.46. The molecule has 0 aromatic carbocycles. The van der Waals surface area contributed by atoms with Crippen LogP contribution in [0.25, 0.3) is 0 Å². The Balaban J connectivity index is 1.70. The summed E-state index contributed by atoms with van der Waals surface area (Å²) in [6, 6.07) is 3.67. The topological polar surface area (TPSA) is 79.5 Å². The second-order valence-electron chi connectivity index (χ2n) is 7.27. The highest BCUT2D eigenvalue weighted by Crippen LogP contribution is 2.30. The van der Waals surface area contributed by atoms with Gasteiger partial charge in [0.15, 0.2) is 0 Å². The fourth-order valence-corrected chi connectivity index (χ4v) is 4.79. The quantitative estimate of drug-likeness (QED) is 0.775. The molecule has 0 aliphatic carbocycles. The third-order valence-corrected chi connectivity index (χ3v) is 6.45. The number of hydrogen-bond acceptors (Lipinski definition) is 5. The fraction of sp³-hybridized carbons (Fsp3) is 0.476. The number of nitrogens with zero attached hydrogens (tertiary/aromatic N) is 3. The second kappa shape index (κ2) is 8.84. The largest absolute Gasteiger partial charge is 0.368 e. The number of pyridine rings is 1. The molecule has 2 amide bonds. The average Bonchev–Trinajstić information content (AvgIpc) is 3.11. The van der Waals surface area contributed by atoms with E-state index in [1.807, 2.05) is 18.5 Å². The van der Waals surface area contributed by atoms with Gasteiger partial charge in [-0.05, 0) is 36.5 Å². The predicted octanol–water partition coefficient (Wildman–Crippen LogP) is 2.60. The molecule has 1 aliphatic heterocycles. The number of thiophene rings is 1. The summed E-state index contributed by atoms with van der Waals surface area (Å²) in [4.78, 5) is 34.2. The average molecular weight is 401 g/mol. The van der Waals surface area contributed by atoms with Gasteiger partial charge >= 0.3 is 0 Å². The van der Waals surface area contributed by atoms with E-state index in [1.54, 1.807) is 18.4 Å². The summed E-state index contributed by atoms with van der Waals surface area (Å²) >= 11 is 1.62. The Morgan fingerprint density at radius 1 is 1.36 bits per heavy atom. The molecule has 3 rings (SSSR count). The van der Waals surface area contributed by atoms with Crippen molar-refractivity contribution < 1.29 is 9.59 Å². The van der Waals surface area contributed by atoms with Crippen molar-refractivity contribution in [1.82, 2.24) is 14.8 Å². The van der Waals surface area contributed by atoms with Gasteiger partial charge in [-0.15, -0.1) is 11.3 Å². The maximum absolute atomic E-state index is 12.9. The van der Waals surface area contributed by atoms with E-state index >= 15 is 0 Å². The van der Waals surface area contributed by atoms with Crippen LogP contribution in [0.5, 0.6) is 0 Å². The molecule has 2 aromatic heterocycles. The van der Waals surface area contributed by atoms with Crippen molar-refractivity contribution in [1.29, 1.82) is 0 Å². The zero-order valence-electron chi connectivity index (χ0n) is 16.8. The van der Waals surface area contributed by atoms with Crippen LogP contribution in [0.4, 0.5) is 0 Å². The van der Waals surface area contributed by atoms with Crippen LogP contribution in [0.15, 0.2) is 23.7 Å². The lowest BCUT2D eigenvalue weighted by molar-refractivity contribution is -0.122. The van der Waals surface area contributed by atoms with E-state index in [0.717, 1.165) is 43.7 Å². The highest BCUT2D eigenvalue weighted by atomic mass is 32.1. The number of aryl methyl sites for hydroxylation is 1. The van der Waals surface area contributed by atoms with Gasteiger partial charge in [0.25, 0.3) is 5.91 Å². The normalized spacial score (nSPS) is 15.1. The standard InChI is InChI=1S/C21H28N4O2S/c1-4-14-6-7-15(23-10-14)11-25-9-8-16-17(13-28-19(16)12-25)21(27)24(3)18(5-2)20(22)26/h6-7,10,13,18H,4-5,8-9,11-12H2,1-3H3,(H2,22,26). The molecule has 3 heterocycles. The summed E-state index contributed by atoms with van der Waals surface area (Å²) in [6.07, 6.45) is 4.29. The SMILES string of the molecule is CCc1ccc(CN2CCc3c(C(=O)N(C)C(CC)C(N)=O)csc3C2)nc1. The zero-order valence-corrected chi connectivity index (χ0v) is 17.6. The molecule has 0 bridgehead atoms. The van der Waals surface area contributed by atoms with Crippen LogP contribution in [-0.4, -0.2) is 46.2 Å². The van der Waals surface area contributed by atoms with E-state index in [0.29, 0.717) is 12.0 Å². The number of amides is 2. The van der Waals surface area contributed by atoms with E-state index < -0.39 is 11.9 Å². The Morgan fingerprint density at radius 2 is 2.14 bits per heavy atom. The number of likely N-dealkylation sites (N-methyl/N-ethyl adjacent to an activating group) is 1. The summed E-state index contributed by atoms with van der Waals surface area (Å²) < 4.78 is 0. The Morgan fingerprint density at radius 3 is 2.75 bits per heavy atom. The molecule has 28 heavy (non-hydrogen) atoms. The molecule has 2 aromatic rings. The van der Waals surface area contributed by atoms with Gasteiger partial charge in [0.2, 0.25) is 5.91 Å². The predicted molar refractivity (Wildman–Crippen MR) is 111 cm³/mol. The number of primary amides is 1. The number of hydrogen-bond donors (Lipinski definition) is 1. The molecular weight excluding hydrogens is 372 g/mol. The minimum absolute atomic E-state index is 0.117. The molecule has 7 heteroatoms.